The lowest BCUT2D eigenvalue weighted by Gasteiger charge is -2.13. The highest BCUT2D eigenvalue weighted by Gasteiger charge is 2.13. The first-order valence-electron chi connectivity index (χ1n) is 8.96. The van der Waals surface area contributed by atoms with Gasteiger partial charge in [0.1, 0.15) is 11.5 Å². The Hall–Kier alpha value is -3.52. The minimum Gasteiger partial charge on any atom is -0.507 e. The molecule has 0 spiro atoms. The standard InChI is InChI=1S/C25H20O2/c26-24-20(13-7-15-22(24)18-9-3-1-4-10-18)17-21-14-8-16-23(25(21)27)19-11-5-2-6-12-19/h1-16,26-27H,17H2. The van der Waals surface area contributed by atoms with Crippen LogP contribution in [0.5, 0.6) is 11.5 Å². The number of benzene rings is 4. The maximum atomic E-state index is 10.8. The van der Waals surface area contributed by atoms with Crippen molar-refractivity contribution in [2.45, 2.75) is 6.42 Å². The van der Waals surface area contributed by atoms with Crippen LogP contribution >= 0.6 is 0 Å². The van der Waals surface area contributed by atoms with Gasteiger partial charge in [-0.25, -0.2) is 0 Å². The average molecular weight is 352 g/mol. The Morgan fingerprint density at radius 2 is 0.852 bits per heavy atom. The minimum atomic E-state index is 0.258. The fourth-order valence-corrected chi connectivity index (χ4v) is 3.37. The number of para-hydroxylation sites is 2. The number of rotatable bonds is 4. The lowest BCUT2D eigenvalue weighted by Crippen LogP contribution is -1.93. The highest BCUT2D eigenvalue weighted by Crippen LogP contribution is 2.37. The molecule has 0 atom stereocenters. The van der Waals surface area contributed by atoms with Crippen molar-refractivity contribution in [2.75, 3.05) is 0 Å². The van der Waals surface area contributed by atoms with Crippen LogP contribution in [0.4, 0.5) is 0 Å². The third kappa shape index (κ3) is 3.42. The molecule has 0 saturated heterocycles. The Morgan fingerprint density at radius 3 is 1.26 bits per heavy atom. The molecule has 4 rings (SSSR count). The summed E-state index contributed by atoms with van der Waals surface area (Å²) in [6.07, 6.45) is 0.457. The molecule has 132 valence electrons. The second-order valence-electron chi connectivity index (χ2n) is 6.54. The van der Waals surface area contributed by atoms with E-state index in [9.17, 15) is 10.2 Å². The Labute approximate surface area is 159 Å². The van der Waals surface area contributed by atoms with Crippen molar-refractivity contribution in [1.29, 1.82) is 0 Å². The largest absolute Gasteiger partial charge is 0.507 e. The SMILES string of the molecule is Oc1c(Cc2cccc(-c3ccccc3)c2O)cccc1-c1ccccc1. The molecule has 2 heteroatoms. The summed E-state index contributed by atoms with van der Waals surface area (Å²) in [5.41, 5.74) is 5.12. The van der Waals surface area contributed by atoms with E-state index < -0.39 is 0 Å². The molecule has 0 aliphatic rings. The molecule has 0 unspecified atom stereocenters. The Balaban J connectivity index is 1.72. The van der Waals surface area contributed by atoms with E-state index >= 15 is 0 Å². The molecule has 0 saturated carbocycles. The number of hydrogen-bond acceptors (Lipinski definition) is 2. The number of aromatic hydroxyl groups is 2. The van der Waals surface area contributed by atoms with Gasteiger partial charge in [-0.1, -0.05) is 97.1 Å². The van der Waals surface area contributed by atoms with Gasteiger partial charge in [0.05, 0.1) is 0 Å². The zero-order chi connectivity index (χ0) is 18.6. The summed E-state index contributed by atoms with van der Waals surface area (Å²) in [5.74, 6) is 0.515. The topological polar surface area (TPSA) is 40.5 Å². The first kappa shape index (κ1) is 16.9. The molecule has 0 fully saturated rings. The van der Waals surface area contributed by atoms with Gasteiger partial charge in [-0.3, -0.25) is 0 Å². The van der Waals surface area contributed by atoms with Crippen LogP contribution in [0.3, 0.4) is 0 Å². The zero-order valence-electron chi connectivity index (χ0n) is 14.8. The molecule has 0 aliphatic carbocycles. The number of hydrogen-bond donors (Lipinski definition) is 2. The molecule has 0 amide bonds. The highest BCUT2D eigenvalue weighted by atomic mass is 16.3. The Morgan fingerprint density at radius 1 is 0.444 bits per heavy atom. The normalized spacial score (nSPS) is 10.7. The zero-order valence-corrected chi connectivity index (χ0v) is 14.8. The number of phenols is 2. The van der Waals surface area contributed by atoms with Crippen molar-refractivity contribution in [1.82, 2.24) is 0 Å². The Bertz CT molecular complexity index is 967. The molecular weight excluding hydrogens is 332 g/mol. The van der Waals surface area contributed by atoms with Gasteiger partial charge in [0.25, 0.3) is 0 Å². The van der Waals surface area contributed by atoms with E-state index in [2.05, 4.69) is 0 Å². The van der Waals surface area contributed by atoms with Crippen LogP contribution in [0.1, 0.15) is 11.1 Å². The van der Waals surface area contributed by atoms with Crippen molar-refractivity contribution >= 4 is 0 Å². The highest BCUT2D eigenvalue weighted by molar-refractivity contribution is 5.74. The summed E-state index contributed by atoms with van der Waals surface area (Å²) in [6.45, 7) is 0. The van der Waals surface area contributed by atoms with Crippen molar-refractivity contribution < 1.29 is 10.2 Å². The molecule has 2 N–H and O–H groups in total. The fraction of sp³-hybridized carbons (Fsp3) is 0.0400. The lowest BCUT2D eigenvalue weighted by molar-refractivity contribution is 0.465. The molecule has 4 aromatic rings. The van der Waals surface area contributed by atoms with E-state index in [0.29, 0.717) is 6.42 Å². The van der Waals surface area contributed by atoms with Crippen LogP contribution in [0.2, 0.25) is 0 Å². The van der Waals surface area contributed by atoms with Gasteiger partial charge in [-0.05, 0) is 22.3 Å². The van der Waals surface area contributed by atoms with Crippen molar-refractivity contribution in [3.05, 3.63) is 108 Å². The second-order valence-corrected chi connectivity index (χ2v) is 6.54. The van der Waals surface area contributed by atoms with Crippen molar-refractivity contribution in [3.8, 4) is 33.8 Å². The van der Waals surface area contributed by atoms with E-state index in [1.54, 1.807) is 0 Å². The smallest absolute Gasteiger partial charge is 0.126 e. The third-order valence-electron chi connectivity index (χ3n) is 4.79. The van der Waals surface area contributed by atoms with Crippen LogP contribution in [0, 0.1) is 0 Å². The molecule has 0 aromatic heterocycles. The predicted molar refractivity (Wildman–Crippen MR) is 110 cm³/mol. The van der Waals surface area contributed by atoms with Gasteiger partial charge in [0, 0.05) is 17.5 Å². The molecule has 0 heterocycles. The maximum absolute atomic E-state index is 10.8. The fourth-order valence-electron chi connectivity index (χ4n) is 3.37. The third-order valence-corrected chi connectivity index (χ3v) is 4.79. The van der Waals surface area contributed by atoms with E-state index in [4.69, 9.17) is 0 Å². The maximum Gasteiger partial charge on any atom is 0.126 e. The Kier molecular flexibility index (Phi) is 4.63. The van der Waals surface area contributed by atoms with Gasteiger partial charge in [-0.15, -0.1) is 0 Å². The van der Waals surface area contributed by atoms with E-state index in [1.807, 2.05) is 97.1 Å². The molecule has 27 heavy (non-hydrogen) atoms. The predicted octanol–water partition coefficient (Wildman–Crippen LogP) is 6.02. The lowest BCUT2D eigenvalue weighted by atomic mass is 9.95. The summed E-state index contributed by atoms with van der Waals surface area (Å²) in [4.78, 5) is 0. The molecule has 0 aliphatic heterocycles. The van der Waals surface area contributed by atoms with Crippen molar-refractivity contribution in [3.63, 3.8) is 0 Å². The summed E-state index contributed by atoms with van der Waals surface area (Å²) < 4.78 is 0. The number of phenolic OH excluding ortho intramolecular Hbond substituents is 2. The summed E-state index contributed by atoms with van der Waals surface area (Å²) in [5, 5.41) is 21.6. The van der Waals surface area contributed by atoms with E-state index in [1.165, 1.54) is 0 Å². The monoisotopic (exact) mass is 352 g/mol. The van der Waals surface area contributed by atoms with Crippen LogP contribution < -0.4 is 0 Å². The minimum absolute atomic E-state index is 0.258. The molecule has 0 radical (unpaired) electrons. The van der Waals surface area contributed by atoms with Crippen LogP contribution in [-0.4, -0.2) is 10.2 Å². The summed E-state index contributed by atoms with van der Waals surface area (Å²) >= 11 is 0. The molecular formula is C25H20O2. The van der Waals surface area contributed by atoms with Gasteiger partial charge < -0.3 is 10.2 Å². The average Bonchev–Trinajstić information content (AvgIpc) is 2.72. The summed E-state index contributed by atoms with van der Waals surface area (Å²) in [6, 6.07) is 31.1. The molecule has 2 nitrogen and oxygen atoms in total. The van der Waals surface area contributed by atoms with Crippen LogP contribution in [0.15, 0.2) is 97.1 Å². The van der Waals surface area contributed by atoms with E-state index in [-0.39, 0.29) is 11.5 Å². The first-order valence-corrected chi connectivity index (χ1v) is 8.96. The van der Waals surface area contributed by atoms with E-state index in [0.717, 1.165) is 33.4 Å². The van der Waals surface area contributed by atoms with Crippen molar-refractivity contribution in [2.24, 2.45) is 0 Å². The quantitative estimate of drug-likeness (QED) is 0.471. The van der Waals surface area contributed by atoms with Gasteiger partial charge in [0.2, 0.25) is 0 Å². The van der Waals surface area contributed by atoms with Gasteiger partial charge >= 0.3 is 0 Å². The summed E-state index contributed by atoms with van der Waals surface area (Å²) in [7, 11) is 0. The molecule has 0 bridgehead atoms. The second kappa shape index (κ2) is 7.38. The van der Waals surface area contributed by atoms with Gasteiger partial charge in [0.15, 0.2) is 0 Å². The van der Waals surface area contributed by atoms with Crippen LogP contribution in [0.25, 0.3) is 22.3 Å². The van der Waals surface area contributed by atoms with Gasteiger partial charge in [-0.2, -0.15) is 0 Å². The first-order chi connectivity index (χ1) is 13.2. The molecule has 4 aromatic carbocycles. The van der Waals surface area contributed by atoms with Crippen LogP contribution in [-0.2, 0) is 6.42 Å².